The third-order valence-electron chi connectivity index (χ3n) is 5.03. The molecule has 166 valence electrons. The number of carbonyl (C=O) groups is 1. The van der Waals surface area contributed by atoms with Crippen LogP contribution in [0.2, 0.25) is 0 Å². The first-order valence-corrected chi connectivity index (χ1v) is 9.85. The Morgan fingerprint density at radius 1 is 1.16 bits per heavy atom. The minimum Gasteiger partial charge on any atom is -0.497 e. The van der Waals surface area contributed by atoms with Crippen LogP contribution in [0.4, 0.5) is 17.6 Å². The molecule has 0 fully saturated rings. The first kappa shape index (κ1) is 24.3. The fourth-order valence-electron chi connectivity index (χ4n) is 3.16. The molecule has 0 heterocycles. The minimum atomic E-state index is -4.39. The molecule has 0 aliphatic heterocycles. The van der Waals surface area contributed by atoms with E-state index in [-0.39, 0.29) is 24.8 Å². The van der Waals surface area contributed by atoms with Crippen molar-refractivity contribution in [1.82, 2.24) is 5.32 Å². The number of rotatable bonds is 8. The van der Waals surface area contributed by atoms with Gasteiger partial charge in [0.1, 0.15) is 11.6 Å². The Morgan fingerprint density at radius 2 is 1.84 bits per heavy atom. The normalized spacial score (nSPS) is 13.0. The number of nitrogens with one attached hydrogen (secondary N) is 1. The highest BCUT2D eigenvalue weighted by Crippen LogP contribution is 2.32. The van der Waals surface area contributed by atoms with Crippen LogP contribution in [-0.2, 0) is 6.42 Å². The van der Waals surface area contributed by atoms with Crippen LogP contribution in [-0.4, -0.2) is 19.2 Å². The Labute approximate surface area is 179 Å². The maximum absolute atomic E-state index is 13.8. The minimum absolute atomic E-state index is 0.0183. The smallest absolute Gasteiger partial charge is 0.392 e. The second-order valence-electron chi connectivity index (χ2n) is 7.18. The summed E-state index contributed by atoms with van der Waals surface area (Å²) in [6, 6.07) is 10.3. The second kappa shape index (κ2) is 10.9. The van der Waals surface area contributed by atoms with Gasteiger partial charge in [0, 0.05) is 12.0 Å². The number of methoxy groups -OCH3 is 1. The summed E-state index contributed by atoms with van der Waals surface area (Å²) in [7, 11) is 1.55. The van der Waals surface area contributed by atoms with Crippen molar-refractivity contribution >= 4 is 5.91 Å². The fraction of sp³-hybridized carbons (Fsp3) is 0.375. The van der Waals surface area contributed by atoms with Gasteiger partial charge in [-0.05, 0) is 62.1 Å². The molecule has 3 nitrogen and oxygen atoms in total. The first-order valence-electron chi connectivity index (χ1n) is 9.85. The SMILES string of the molecule is CC#CCC(CCc1ccc(F)cc1C(=O)NC(C)c1ccc(OC)cc1)C(F)(F)F. The Hall–Kier alpha value is -3.01. The Bertz CT molecular complexity index is 943. The monoisotopic (exact) mass is 435 g/mol. The number of halogens is 4. The van der Waals surface area contributed by atoms with Crippen LogP contribution in [0.15, 0.2) is 42.5 Å². The van der Waals surface area contributed by atoms with E-state index < -0.39 is 29.9 Å². The molecule has 31 heavy (non-hydrogen) atoms. The molecule has 1 amide bonds. The van der Waals surface area contributed by atoms with E-state index in [0.717, 1.165) is 17.7 Å². The summed E-state index contributed by atoms with van der Waals surface area (Å²) in [6.07, 6.45) is -4.96. The summed E-state index contributed by atoms with van der Waals surface area (Å²) in [6.45, 7) is 3.25. The van der Waals surface area contributed by atoms with Crippen molar-refractivity contribution in [3.05, 3.63) is 65.0 Å². The summed E-state index contributed by atoms with van der Waals surface area (Å²) in [5.74, 6) is 2.83. The summed E-state index contributed by atoms with van der Waals surface area (Å²) >= 11 is 0. The standard InChI is InChI=1S/C24H25F4NO2/c1-4-5-6-19(24(26,27)28)11-7-18-8-12-20(25)15-22(18)23(30)29-16(2)17-9-13-21(31-3)14-10-17/h8-10,12-16,19H,6-7,11H2,1-3H3,(H,29,30). The number of benzene rings is 2. The van der Waals surface area contributed by atoms with Crippen LogP contribution in [0.1, 0.15) is 54.2 Å². The van der Waals surface area contributed by atoms with Gasteiger partial charge < -0.3 is 10.1 Å². The summed E-state index contributed by atoms with van der Waals surface area (Å²) < 4.78 is 58.7. The number of hydrogen-bond acceptors (Lipinski definition) is 2. The van der Waals surface area contributed by atoms with E-state index in [1.54, 1.807) is 38.3 Å². The zero-order valence-electron chi connectivity index (χ0n) is 17.6. The molecule has 0 spiro atoms. The third-order valence-corrected chi connectivity index (χ3v) is 5.03. The third kappa shape index (κ3) is 7.02. The van der Waals surface area contributed by atoms with Gasteiger partial charge in [-0.2, -0.15) is 13.2 Å². The van der Waals surface area contributed by atoms with Gasteiger partial charge in [0.05, 0.1) is 19.1 Å². The zero-order valence-corrected chi connectivity index (χ0v) is 17.6. The highest BCUT2D eigenvalue weighted by molar-refractivity contribution is 5.96. The van der Waals surface area contributed by atoms with Crippen molar-refractivity contribution in [3.63, 3.8) is 0 Å². The molecule has 0 aromatic heterocycles. The average Bonchev–Trinajstić information content (AvgIpc) is 2.73. The van der Waals surface area contributed by atoms with Gasteiger partial charge in [-0.3, -0.25) is 4.79 Å². The van der Waals surface area contributed by atoms with Gasteiger partial charge >= 0.3 is 6.18 Å². The predicted octanol–water partition coefficient (Wildman–Crippen LogP) is 5.85. The molecule has 7 heteroatoms. The lowest BCUT2D eigenvalue weighted by atomic mass is 9.93. The van der Waals surface area contributed by atoms with Crippen LogP contribution >= 0.6 is 0 Å². The van der Waals surface area contributed by atoms with Crippen molar-refractivity contribution in [3.8, 4) is 17.6 Å². The number of aryl methyl sites for hydroxylation is 1. The molecular formula is C24H25F4NO2. The lowest BCUT2D eigenvalue weighted by Gasteiger charge is -2.20. The van der Waals surface area contributed by atoms with E-state index in [1.165, 1.54) is 13.0 Å². The number of amides is 1. The maximum atomic E-state index is 13.8. The quantitative estimate of drug-likeness (QED) is 0.417. The Balaban J connectivity index is 2.17. The fourth-order valence-corrected chi connectivity index (χ4v) is 3.16. The molecule has 2 atom stereocenters. The lowest BCUT2D eigenvalue weighted by Crippen LogP contribution is -2.28. The van der Waals surface area contributed by atoms with E-state index in [1.807, 2.05) is 0 Å². The molecule has 0 aliphatic carbocycles. The van der Waals surface area contributed by atoms with Crippen molar-refractivity contribution in [2.45, 2.75) is 45.3 Å². The molecule has 1 N–H and O–H groups in total. The van der Waals surface area contributed by atoms with E-state index in [2.05, 4.69) is 17.2 Å². The van der Waals surface area contributed by atoms with Crippen molar-refractivity contribution in [2.75, 3.05) is 7.11 Å². The largest absolute Gasteiger partial charge is 0.497 e. The lowest BCUT2D eigenvalue weighted by molar-refractivity contribution is -0.174. The topological polar surface area (TPSA) is 38.3 Å². The zero-order chi connectivity index (χ0) is 23.0. The van der Waals surface area contributed by atoms with Gasteiger partial charge in [0.25, 0.3) is 5.91 Å². The molecule has 0 saturated carbocycles. The van der Waals surface area contributed by atoms with E-state index in [9.17, 15) is 22.4 Å². The molecule has 0 saturated heterocycles. The van der Waals surface area contributed by atoms with Gasteiger partial charge in [0.15, 0.2) is 0 Å². The van der Waals surface area contributed by atoms with E-state index in [4.69, 9.17) is 4.74 Å². The number of ether oxygens (including phenoxy) is 1. The Morgan fingerprint density at radius 3 is 2.42 bits per heavy atom. The molecular weight excluding hydrogens is 410 g/mol. The molecule has 2 rings (SSSR count). The number of hydrogen-bond donors (Lipinski definition) is 1. The van der Waals surface area contributed by atoms with Crippen LogP contribution in [0.3, 0.4) is 0 Å². The molecule has 2 unspecified atom stereocenters. The van der Waals surface area contributed by atoms with Gasteiger partial charge in [-0.25, -0.2) is 4.39 Å². The molecule has 0 aliphatic rings. The summed E-state index contributed by atoms with van der Waals surface area (Å²) in [5.41, 5.74) is 1.20. The van der Waals surface area contributed by atoms with Crippen LogP contribution < -0.4 is 10.1 Å². The van der Waals surface area contributed by atoms with E-state index >= 15 is 0 Å². The van der Waals surface area contributed by atoms with E-state index in [0.29, 0.717) is 11.3 Å². The van der Waals surface area contributed by atoms with Crippen LogP contribution in [0, 0.1) is 23.6 Å². The molecule has 0 bridgehead atoms. The van der Waals surface area contributed by atoms with Crippen molar-refractivity contribution in [2.24, 2.45) is 5.92 Å². The summed E-state index contributed by atoms with van der Waals surface area (Å²) in [5, 5.41) is 2.78. The highest BCUT2D eigenvalue weighted by Gasteiger charge is 2.38. The molecule has 2 aromatic rings. The maximum Gasteiger partial charge on any atom is 0.392 e. The number of alkyl halides is 3. The first-order chi connectivity index (χ1) is 14.7. The Kier molecular flexibility index (Phi) is 8.49. The molecule has 0 radical (unpaired) electrons. The average molecular weight is 435 g/mol. The summed E-state index contributed by atoms with van der Waals surface area (Å²) in [4.78, 5) is 12.8. The van der Waals surface area contributed by atoms with Gasteiger partial charge in [-0.15, -0.1) is 11.8 Å². The second-order valence-corrected chi connectivity index (χ2v) is 7.18. The molecule has 2 aromatic carbocycles. The predicted molar refractivity (Wildman–Crippen MR) is 111 cm³/mol. The van der Waals surface area contributed by atoms with Crippen molar-refractivity contribution in [1.29, 1.82) is 0 Å². The van der Waals surface area contributed by atoms with Gasteiger partial charge in [0.2, 0.25) is 0 Å². The van der Waals surface area contributed by atoms with Crippen molar-refractivity contribution < 1.29 is 27.1 Å². The van der Waals surface area contributed by atoms with Gasteiger partial charge in [-0.1, -0.05) is 18.2 Å². The number of carbonyl (C=O) groups excluding carboxylic acids is 1. The highest BCUT2D eigenvalue weighted by atomic mass is 19.4. The van der Waals surface area contributed by atoms with Crippen LogP contribution in [0.25, 0.3) is 0 Å². The van der Waals surface area contributed by atoms with Crippen LogP contribution in [0.5, 0.6) is 5.75 Å².